The van der Waals surface area contributed by atoms with Gasteiger partial charge in [-0.15, -0.1) is 0 Å². The molecule has 0 aromatic carbocycles. The van der Waals surface area contributed by atoms with Gasteiger partial charge in [-0.1, -0.05) is 0 Å². The Labute approximate surface area is 78.3 Å². The summed E-state index contributed by atoms with van der Waals surface area (Å²) in [6.45, 7) is 6.82. The molecule has 2 N–H and O–H groups in total. The minimum atomic E-state index is -1.58. The molecule has 0 saturated carbocycles. The van der Waals surface area contributed by atoms with Crippen molar-refractivity contribution in [2.75, 3.05) is 0 Å². The molecule has 0 heterocycles. The maximum absolute atomic E-state index is 10.6. The number of rotatable bonds is 6. The molecule has 0 bridgehead atoms. The van der Waals surface area contributed by atoms with E-state index in [-0.39, 0.29) is 5.91 Å². The van der Waals surface area contributed by atoms with Crippen molar-refractivity contribution in [1.82, 2.24) is 0 Å². The van der Waals surface area contributed by atoms with Gasteiger partial charge in [0.15, 0.2) is 0 Å². The number of hydrogen-bond acceptors (Lipinski definition) is 1. The Morgan fingerprint density at radius 1 is 1.17 bits per heavy atom. The Bertz CT molecular complexity index is 135. The van der Waals surface area contributed by atoms with Crippen LogP contribution in [-0.4, -0.2) is 19.2 Å². The number of nitrogens with two attached hydrogens (primary N) is 1. The van der Waals surface area contributed by atoms with Crippen LogP contribution < -0.4 is 5.73 Å². The minimum absolute atomic E-state index is 0.125. The zero-order valence-electron chi connectivity index (χ0n) is 8.52. The Morgan fingerprint density at radius 2 is 1.58 bits per heavy atom. The molecule has 0 saturated heterocycles. The van der Waals surface area contributed by atoms with E-state index in [0.717, 1.165) is 5.25 Å². The summed E-state index contributed by atoms with van der Waals surface area (Å²) < 4.78 is 0. The Morgan fingerprint density at radius 3 is 1.83 bits per heavy atom. The molecule has 0 rings (SSSR count). The second kappa shape index (κ2) is 5.62. The average molecular weight is 232 g/mol. The van der Waals surface area contributed by atoms with Crippen LogP contribution in [0.4, 0.5) is 0 Å². The fraction of sp³-hybridized carbons (Fsp3) is 0.889. The van der Waals surface area contributed by atoms with Gasteiger partial charge < -0.3 is 0 Å². The molecule has 2 nitrogen and oxygen atoms in total. The molecule has 0 aliphatic carbocycles. The van der Waals surface area contributed by atoms with E-state index in [1.54, 1.807) is 0 Å². The van der Waals surface area contributed by atoms with E-state index in [0.29, 0.717) is 6.42 Å². The first-order chi connectivity index (χ1) is 5.60. The molecule has 72 valence electrons. The van der Waals surface area contributed by atoms with Gasteiger partial charge in [0, 0.05) is 0 Å². The molecular weight excluding hydrogens is 211 g/mol. The number of carbonyl (C=O) groups excluding carboxylic acids is 1. The van der Waals surface area contributed by atoms with Gasteiger partial charge in [-0.2, -0.15) is 0 Å². The first kappa shape index (κ1) is 12.0. The van der Waals surface area contributed by atoms with Gasteiger partial charge in [-0.25, -0.2) is 0 Å². The van der Waals surface area contributed by atoms with Crippen LogP contribution in [0.2, 0.25) is 21.0 Å². The Hall–Kier alpha value is 0.0129. The third-order valence-electron chi connectivity index (χ3n) is 3.15. The zero-order chi connectivity index (χ0) is 9.61. The molecular formula is C9H21GeNO. The van der Waals surface area contributed by atoms with E-state index in [4.69, 9.17) is 5.73 Å². The third kappa shape index (κ3) is 3.61. The zero-order valence-corrected chi connectivity index (χ0v) is 10.6. The molecule has 0 unspecified atom stereocenters. The number of carbonyl (C=O) groups is 1. The van der Waals surface area contributed by atoms with Gasteiger partial charge in [0.2, 0.25) is 0 Å². The molecule has 0 aromatic rings. The van der Waals surface area contributed by atoms with E-state index in [2.05, 4.69) is 20.8 Å². The molecule has 0 aliphatic heterocycles. The summed E-state index contributed by atoms with van der Waals surface area (Å²) in [5.41, 5.74) is 5.15. The van der Waals surface area contributed by atoms with E-state index >= 15 is 0 Å². The van der Waals surface area contributed by atoms with E-state index in [9.17, 15) is 4.79 Å². The molecule has 12 heavy (non-hydrogen) atoms. The van der Waals surface area contributed by atoms with E-state index in [1.165, 1.54) is 15.8 Å². The van der Waals surface area contributed by atoms with Crippen molar-refractivity contribution in [2.45, 2.75) is 48.2 Å². The second-order valence-corrected chi connectivity index (χ2v) is 15.3. The van der Waals surface area contributed by atoms with Gasteiger partial charge in [0.1, 0.15) is 0 Å². The van der Waals surface area contributed by atoms with Crippen molar-refractivity contribution in [1.29, 1.82) is 0 Å². The number of hydrogen-bond donors (Lipinski definition) is 1. The summed E-state index contributed by atoms with van der Waals surface area (Å²) in [6.07, 6.45) is 0.621. The topological polar surface area (TPSA) is 43.1 Å². The molecule has 0 aromatic heterocycles. The van der Waals surface area contributed by atoms with E-state index in [1.807, 2.05) is 0 Å². The summed E-state index contributed by atoms with van der Waals surface area (Å²) >= 11 is -1.58. The molecule has 3 heteroatoms. The van der Waals surface area contributed by atoms with Crippen LogP contribution in [0, 0.1) is 0 Å². The average Bonchev–Trinajstić information content (AvgIpc) is 2.08. The quantitative estimate of drug-likeness (QED) is 0.701. The van der Waals surface area contributed by atoms with Crippen molar-refractivity contribution in [3.8, 4) is 0 Å². The molecule has 0 aliphatic rings. The first-order valence-electron chi connectivity index (χ1n) is 4.88. The first-order valence-corrected chi connectivity index (χ1v) is 10.8. The Kier molecular flexibility index (Phi) is 5.63. The summed E-state index contributed by atoms with van der Waals surface area (Å²) in [5.74, 6) is -0.125. The molecule has 0 spiro atoms. The van der Waals surface area contributed by atoms with Gasteiger partial charge in [-0.05, 0) is 0 Å². The summed E-state index contributed by atoms with van der Waals surface area (Å²) in [5, 5.41) is 5.14. The van der Waals surface area contributed by atoms with Crippen LogP contribution in [-0.2, 0) is 4.79 Å². The number of primary amides is 1. The molecule has 0 fully saturated rings. The van der Waals surface area contributed by atoms with Gasteiger partial charge in [-0.3, -0.25) is 0 Å². The van der Waals surface area contributed by atoms with Crippen molar-refractivity contribution < 1.29 is 4.79 Å². The molecule has 0 atom stereocenters. The SMILES string of the molecule is C[CH2][Ge]([CH2]C)([CH2]C)[CH2]CC(N)=O. The third-order valence-corrected chi connectivity index (χ3v) is 15.3. The predicted octanol–water partition coefficient (Wildman–Crippen LogP) is 2.37. The fourth-order valence-corrected chi connectivity index (χ4v) is 8.67. The van der Waals surface area contributed by atoms with Crippen LogP contribution in [0.1, 0.15) is 27.2 Å². The second-order valence-electron chi connectivity index (χ2n) is 3.53. The standard InChI is InChI=1S/C9H21GeNO/c1-4-10(5-2,6-3)8-7-9(11)12/h4-8H2,1-3H3,(H2,11,12). The van der Waals surface area contributed by atoms with Crippen molar-refractivity contribution in [3.05, 3.63) is 0 Å². The van der Waals surface area contributed by atoms with Crippen molar-refractivity contribution >= 4 is 19.2 Å². The number of amides is 1. The fourth-order valence-electron chi connectivity index (χ4n) is 1.67. The van der Waals surface area contributed by atoms with Crippen LogP contribution >= 0.6 is 0 Å². The van der Waals surface area contributed by atoms with Crippen molar-refractivity contribution in [3.63, 3.8) is 0 Å². The van der Waals surface area contributed by atoms with Gasteiger partial charge >= 0.3 is 77.9 Å². The van der Waals surface area contributed by atoms with Crippen LogP contribution in [0.3, 0.4) is 0 Å². The van der Waals surface area contributed by atoms with Gasteiger partial charge in [0.05, 0.1) is 0 Å². The van der Waals surface area contributed by atoms with Crippen LogP contribution in [0.15, 0.2) is 0 Å². The van der Waals surface area contributed by atoms with E-state index < -0.39 is 13.3 Å². The summed E-state index contributed by atoms with van der Waals surface area (Å²) in [7, 11) is 0. The summed E-state index contributed by atoms with van der Waals surface area (Å²) in [4.78, 5) is 10.6. The summed E-state index contributed by atoms with van der Waals surface area (Å²) in [6, 6.07) is 0. The maximum atomic E-state index is 10.6. The monoisotopic (exact) mass is 233 g/mol. The molecule has 1 amide bonds. The normalized spacial score (nSPS) is 11.6. The van der Waals surface area contributed by atoms with Crippen LogP contribution in [0.25, 0.3) is 0 Å². The predicted molar refractivity (Wildman–Crippen MR) is 55.8 cm³/mol. The van der Waals surface area contributed by atoms with Gasteiger partial charge in [0.25, 0.3) is 0 Å². The Balaban J connectivity index is 4.01. The molecule has 0 radical (unpaired) electrons. The van der Waals surface area contributed by atoms with Crippen LogP contribution in [0.5, 0.6) is 0 Å². The van der Waals surface area contributed by atoms with Crippen molar-refractivity contribution in [2.24, 2.45) is 5.73 Å².